The second-order valence-corrected chi connectivity index (χ2v) is 17.8. The number of ether oxygens (including phenoxy) is 3. The number of carbonyl (C=O) groups is 2. The molecule has 302 valence electrons. The highest BCUT2D eigenvalue weighted by atomic mass is 35.5. The third-order valence-electron chi connectivity index (χ3n) is 11.7. The number of pyridine rings is 1. The lowest BCUT2D eigenvalue weighted by molar-refractivity contribution is -0.186. The molecule has 8 rings (SSSR count). The predicted octanol–water partition coefficient (Wildman–Crippen LogP) is 10.6. The molecule has 0 radical (unpaired) electrons. The van der Waals surface area contributed by atoms with Gasteiger partial charge in [0.05, 0.1) is 39.4 Å². The summed E-state index contributed by atoms with van der Waals surface area (Å²) in [5, 5.41) is 11.6. The smallest absolute Gasteiger partial charge is 0.410 e. The predicted molar refractivity (Wildman–Crippen MR) is 218 cm³/mol. The molecule has 10 nitrogen and oxygen atoms in total. The average Bonchev–Trinajstić information content (AvgIpc) is 3.52. The maximum absolute atomic E-state index is 17.7. The maximum Gasteiger partial charge on any atom is 0.410 e. The molecule has 2 aromatic heterocycles. The van der Waals surface area contributed by atoms with Crippen LogP contribution < -0.4 is 0 Å². The quantitative estimate of drug-likeness (QED) is 0.165. The van der Waals surface area contributed by atoms with Gasteiger partial charge in [-0.1, -0.05) is 35.3 Å². The Hall–Kier alpha value is -3.95. The van der Waals surface area contributed by atoms with E-state index in [0.29, 0.717) is 54.9 Å². The van der Waals surface area contributed by atoms with Crippen LogP contribution in [0.2, 0.25) is 10.0 Å². The topological polar surface area (TPSA) is 110 Å². The van der Waals surface area contributed by atoms with Crippen LogP contribution >= 0.6 is 23.2 Å². The third kappa shape index (κ3) is 7.83. The van der Waals surface area contributed by atoms with E-state index >= 15 is 4.39 Å². The van der Waals surface area contributed by atoms with Gasteiger partial charge < -0.3 is 28.6 Å². The number of halogens is 3. The monoisotopic (exact) mass is 817 g/mol. The molecular formula is C44H50Cl2FN5O5. The zero-order chi connectivity index (χ0) is 40.2. The maximum atomic E-state index is 17.7. The molecule has 3 aliphatic heterocycles. The van der Waals surface area contributed by atoms with E-state index in [4.69, 9.17) is 42.4 Å². The second kappa shape index (κ2) is 16.0. The number of hydrogen-bond donors (Lipinski definition) is 0. The number of hydrogen-bond acceptors (Lipinski definition) is 7. The van der Waals surface area contributed by atoms with Gasteiger partial charge in [-0.2, -0.15) is 5.26 Å². The zero-order valence-electron chi connectivity index (χ0n) is 33.1. The highest BCUT2D eigenvalue weighted by Crippen LogP contribution is 2.47. The number of rotatable bonds is 9. The number of nitrogens with zero attached hydrogens (tertiary/aromatic N) is 5. The Kier molecular flexibility index (Phi) is 11.2. The lowest BCUT2D eigenvalue weighted by Crippen LogP contribution is -2.36. The highest BCUT2D eigenvalue weighted by Gasteiger charge is 2.42. The van der Waals surface area contributed by atoms with E-state index < -0.39 is 23.8 Å². The molecule has 1 saturated carbocycles. The summed E-state index contributed by atoms with van der Waals surface area (Å²) in [6, 6.07) is 11.0. The van der Waals surface area contributed by atoms with Crippen molar-refractivity contribution in [3.8, 4) is 17.2 Å². The van der Waals surface area contributed by atoms with Crippen molar-refractivity contribution in [1.82, 2.24) is 19.4 Å². The summed E-state index contributed by atoms with van der Waals surface area (Å²) < 4.78 is 38.4. The Balaban J connectivity index is 1.40. The summed E-state index contributed by atoms with van der Waals surface area (Å²) in [5.74, 6) is -0.345. The minimum Gasteiger partial charge on any atom is -0.444 e. The van der Waals surface area contributed by atoms with Crippen molar-refractivity contribution in [3.63, 3.8) is 0 Å². The molecule has 2 aromatic carbocycles. The molecule has 4 fully saturated rings. The van der Waals surface area contributed by atoms with Gasteiger partial charge in [0.2, 0.25) is 5.91 Å². The van der Waals surface area contributed by atoms with E-state index in [1.165, 1.54) is 0 Å². The fourth-order valence-electron chi connectivity index (χ4n) is 8.97. The van der Waals surface area contributed by atoms with Crippen molar-refractivity contribution in [1.29, 1.82) is 5.26 Å². The van der Waals surface area contributed by atoms with Crippen LogP contribution in [-0.2, 0) is 25.4 Å². The van der Waals surface area contributed by atoms with Crippen LogP contribution in [0.15, 0.2) is 30.3 Å². The zero-order valence-corrected chi connectivity index (χ0v) is 34.6. The van der Waals surface area contributed by atoms with Gasteiger partial charge in [-0.25, -0.2) is 14.2 Å². The fraction of sp³-hybridized carbons (Fsp3) is 0.545. The van der Waals surface area contributed by atoms with Gasteiger partial charge in [0.25, 0.3) is 0 Å². The van der Waals surface area contributed by atoms with Crippen LogP contribution in [0.4, 0.5) is 9.18 Å². The van der Waals surface area contributed by atoms with Gasteiger partial charge in [0.15, 0.2) is 12.1 Å². The summed E-state index contributed by atoms with van der Waals surface area (Å²) in [7, 11) is 0. The van der Waals surface area contributed by atoms with Gasteiger partial charge in [-0.05, 0) is 109 Å². The molecule has 5 heterocycles. The van der Waals surface area contributed by atoms with Crippen LogP contribution in [0, 0.1) is 23.1 Å². The molecule has 4 aliphatic rings. The highest BCUT2D eigenvalue weighted by molar-refractivity contribution is 6.43. The standard InChI is InChI=1S/C44H50Cl2FN5O5/c1-25(56-35-14-5-6-21-55-35)39-31-23-34(33-13-9-19-51(33)42(53)26-15-16-26)52(28-17-20-50(24-28)43(54)57-44(2,3)4)41(31)30-22-27(10-8-18-48)36(38(47)40(30)49-39)29-11-7-12-32(45)37(29)46/h7,11-12,22-23,25-26,28,33,35H,5-6,8-10,13-17,19-21,24H2,1-4H3. The van der Waals surface area contributed by atoms with Crippen LogP contribution in [0.5, 0.6) is 0 Å². The van der Waals surface area contributed by atoms with E-state index in [0.717, 1.165) is 61.5 Å². The van der Waals surface area contributed by atoms with Crippen LogP contribution in [-0.4, -0.2) is 69.5 Å². The van der Waals surface area contributed by atoms with E-state index in [1.807, 2.05) is 38.7 Å². The Morgan fingerprint density at radius 3 is 2.60 bits per heavy atom. The molecule has 13 heteroatoms. The van der Waals surface area contributed by atoms with Crippen molar-refractivity contribution in [2.75, 3.05) is 26.2 Å². The molecule has 2 amide bonds. The van der Waals surface area contributed by atoms with E-state index in [9.17, 15) is 14.9 Å². The summed E-state index contributed by atoms with van der Waals surface area (Å²) in [4.78, 5) is 36.2. The molecule has 4 aromatic rings. The fourth-order valence-corrected chi connectivity index (χ4v) is 9.37. The average molecular weight is 819 g/mol. The Morgan fingerprint density at radius 2 is 1.88 bits per heavy atom. The van der Waals surface area contributed by atoms with Gasteiger partial charge in [-0.15, -0.1) is 0 Å². The number of amides is 2. The largest absolute Gasteiger partial charge is 0.444 e. The molecule has 57 heavy (non-hydrogen) atoms. The first-order valence-electron chi connectivity index (χ1n) is 20.4. The summed E-state index contributed by atoms with van der Waals surface area (Å²) >= 11 is 13.3. The summed E-state index contributed by atoms with van der Waals surface area (Å²) in [6.07, 6.45) is 5.76. The van der Waals surface area contributed by atoms with Crippen molar-refractivity contribution in [2.24, 2.45) is 5.92 Å². The molecule has 0 spiro atoms. The molecule has 0 N–H and O–H groups in total. The van der Waals surface area contributed by atoms with Crippen LogP contribution in [0.25, 0.3) is 32.9 Å². The summed E-state index contributed by atoms with van der Waals surface area (Å²) in [5.41, 5.74) is 2.98. The van der Waals surface area contributed by atoms with Crippen molar-refractivity contribution in [2.45, 2.75) is 122 Å². The minimum atomic E-state index is -0.663. The molecule has 4 atom stereocenters. The number of nitriles is 1. The Bertz CT molecular complexity index is 2260. The third-order valence-corrected chi connectivity index (χ3v) is 12.6. The van der Waals surface area contributed by atoms with Crippen molar-refractivity contribution in [3.05, 3.63) is 63.1 Å². The Morgan fingerprint density at radius 1 is 1.07 bits per heavy atom. The SMILES string of the molecule is CC(OC1CCCCO1)c1nc2c(F)c(-c3cccc(Cl)c3Cl)c(CCC#N)cc2c2c1cc(C1CCCN1C(=O)C1CC1)n2C1CCN(C(=O)OC(C)(C)C)C1. The number of likely N-dealkylation sites (tertiary alicyclic amines) is 2. The van der Waals surface area contributed by atoms with Crippen molar-refractivity contribution < 1.29 is 28.2 Å². The summed E-state index contributed by atoms with van der Waals surface area (Å²) in [6.45, 7) is 9.60. The van der Waals surface area contributed by atoms with E-state index in [-0.39, 0.29) is 64.0 Å². The van der Waals surface area contributed by atoms with Gasteiger partial charge in [-0.3, -0.25) is 4.79 Å². The number of fused-ring (bicyclic) bond motifs is 3. The molecule has 1 aliphatic carbocycles. The molecule has 0 bridgehead atoms. The molecule has 4 unspecified atom stereocenters. The van der Waals surface area contributed by atoms with Crippen LogP contribution in [0.1, 0.15) is 121 Å². The van der Waals surface area contributed by atoms with Gasteiger partial charge >= 0.3 is 6.09 Å². The lowest BCUT2D eigenvalue weighted by Gasteiger charge is -2.29. The van der Waals surface area contributed by atoms with Crippen molar-refractivity contribution >= 4 is 57.0 Å². The molecule has 3 saturated heterocycles. The van der Waals surface area contributed by atoms with Crippen LogP contribution in [0.3, 0.4) is 0 Å². The first-order valence-corrected chi connectivity index (χ1v) is 21.2. The van der Waals surface area contributed by atoms with E-state index in [1.54, 1.807) is 23.1 Å². The van der Waals surface area contributed by atoms with Gasteiger partial charge in [0.1, 0.15) is 17.2 Å². The molecular weight excluding hydrogens is 768 g/mol. The normalized spacial score (nSPS) is 22.0. The van der Waals surface area contributed by atoms with Gasteiger partial charge in [0, 0.05) is 66.2 Å². The Labute approximate surface area is 343 Å². The number of aryl methyl sites for hydroxylation is 1. The number of benzene rings is 2. The minimum absolute atomic E-state index is 0.0491. The lowest BCUT2D eigenvalue weighted by atomic mass is 9.92. The number of aromatic nitrogens is 2. The first kappa shape index (κ1) is 39.9. The first-order chi connectivity index (χ1) is 27.3. The van der Waals surface area contributed by atoms with E-state index in [2.05, 4.69) is 16.7 Å². The second-order valence-electron chi connectivity index (χ2n) is 17.0. The number of carbonyl (C=O) groups excluding carboxylic acids is 2.